The third-order valence-corrected chi connectivity index (χ3v) is 7.65. The average molecular weight is 481 g/mol. The number of anilines is 1. The van der Waals surface area contributed by atoms with Gasteiger partial charge in [-0.25, -0.2) is 8.42 Å². The molecule has 0 unspecified atom stereocenters. The summed E-state index contributed by atoms with van der Waals surface area (Å²) in [6.45, 7) is 0. The maximum atomic E-state index is 13.1. The number of carbonyl (C=O) groups is 1. The Morgan fingerprint density at radius 1 is 0.686 bits per heavy atom. The monoisotopic (exact) mass is 480 g/mol. The second-order valence-electron chi connectivity index (χ2n) is 8.46. The second-order valence-corrected chi connectivity index (χ2v) is 10.1. The number of fused-ring (bicyclic) bond motifs is 2. The molecule has 35 heavy (non-hydrogen) atoms. The van der Waals surface area contributed by atoms with Crippen molar-refractivity contribution >= 4 is 43.2 Å². The third-order valence-electron chi connectivity index (χ3n) is 6.22. The number of amides is 1. The standard InChI is InChI=1S/C29H24N2O3S/c30-29(32)27-19-15-22-7-1-3-9-24(22)26(27)18-14-20-12-16-23(17-13-20)31-35(33,34)28-11-5-8-21-6-2-4-10-25(21)28/h1-13,15-17,19,31H,14,18H2,(H2,30,32). The van der Waals surface area contributed by atoms with Gasteiger partial charge in [-0.15, -0.1) is 0 Å². The molecule has 0 radical (unpaired) electrons. The Morgan fingerprint density at radius 2 is 1.31 bits per heavy atom. The van der Waals surface area contributed by atoms with Gasteiger partial charge in [0, 0.05) is 16.6 Å². The fourth-order valence-corrected chi connectivity index (χ4v) is 5.77. The fraction of sp³-hybridized carbons (Fsp3) is 0.0690. The molecule has 0 spiro atoms. The molecule has 174 valence electrons. The lowest BCUT2D eigenvalue weighted by Gasteiger charge is -2.13. The van der Waals surface area contributed by atoms with Gasteiger partial charge < -0.3 is 5.73 Å². The molecule has 0 fully saturated rings. The molecule has 0 aliphatic carbocycles. The van der Waals surface area contributed by atoms with Gasteiger partial charge in [0.25, 0.3) is 10.0 Å². The number of sulfonamides is 1. The van der Waals surface area contributed by atoms with Crippen LogP contribution < -0.4 is 10.5 Å². The van der Waals surface area contributed by atoms with E-state index in [1.807, 2.05) is 66.7 Å². The molecule has 0 bridgehead atoms. The highest BCUT2D eigenvalue weighted by molar-refractivity contribution is 7.93. The van der Waals surface area contributed by atoms with Crippen LogP contribution in [-0.4, -0.2) is 14.3 Å². The molecule has 5 nitrogen and oxygen atoms in total. The smallest absolute Gasteiger partial charge is 0.262 e. The van der Waals surface area contributed by atoms with E-state index in [2.05, 4.69) is 4.72 Å². The van der Waals surface area contributed by atoms with E-state index in [1.165, 1.54) is 0 Å². The maximum absolute atomic E-state index is 13.1. The lowest BCUT2D eigenvalue weighted by atomic mass is 9.93. The minimum atomic E-state index is -3.75. The molecule has 3 N–H and O–H groups in total. The summed E-state index contributed by atoms with van der Waals surface area (Å²) in [5, 5.41) is 3.63. The van der Waals surface area contributed by atoms with Crippen LogP contribution in [-0.2, 0) is 22.9 Å². The van der Waals surface area contributed by atoms with Crippen molar-refractivity contribution in [3.05, 3.63) is 120 Å². The van der Waals surface area contributed by atoms with Gasteiger partial charge in [-0.2, -0.15) is 0 Å². The Hall–Kier alpha value is -4.16. The average Bonchev–Trinajstić information content (AvgIpc) is 2.87. The number of hydrogen-bond acceptors (Lipinski definition) is 3. The largest absolute Gasteiger partial charge is 0.366 e. The zero-order valence-electron chi connectivity index (χ0n) is 18.9. The van der Waals surface area contributed by atoms with Crippen molar-refractivity contribution in [2.75, 3.05) is 4.72 Å². The normalized spacial score (nSPS) is 11.5. The minimum absolute atomic E-state index is 0.245. The van der Waals surface area contributed by atoms with Crippen molar-refractivity contribution in [1.29, 1.82) is 0 Å². The highest BCUT2D eigenvalue weighted by Gasteiger charge is 2.17. The van der Waals surface area contributed by atoms with E-state index in [0.717, 1.165) is 27.3 Å². The minimum Gasteiger partial charge on any atom is -0.366 e. The Labute approximate surface area is 204 Å². The summed E-state index contributed by atoms with van der Waals surface area (Å²) < 4.78 is 28.9. The zero-order valence-corrected chi connectivity index (χ0v) is 19.8. The number of nitrogens with two attached hydrogens (primary N) is 1. The summed E-state index contributed by atoms with van der Waals surface area (Å²) in [6.07, 6.45) is 1.32. The SMILES string of the molecule is NC(=O)c1ccc2ccccc2c1CCc1ccc(NS(=O)(=O)c2cccc3ccccc23)cc1. The summed E-state index contributed by atoms with van der Waals surface area (Å²) in [5.41, 5.74) is 8.61. The molecule has 5 aromatic carbocycles. The van der Waals surface area contributed by atoms with E-state index in [4.69, 9.17) is 5.73 Å². The molecule has 5 aromatic rings. The Balaban J connectivity index is 1.36. The molecule has 0 saturated heterocycles. The first-order chi connectivity index (χ1) is 16.9. The van der Waals surface area contributed by atoms with Crippen LogP contribution in [0.4, 0.5) is 5.69 Å². The number of benzene rings is 5. The van der Waals surface area contributed by atoms with Crippen LogP contribution in [0.5, 0.6) is 0 Å². The van der Waals surface area contributed by atoms with Crippen LogP contribution in [0.15, 0.2) is 108 Å². The van der Waals surface area contributed by atoms with Crippen molar-refractivity contribution in [1.82, 2.24) is 0 Å². The van der Waals surface area contributed by atoms with Crippen molar-refractivity contribution < 1.29 is 13.2 Å². The summed E-state index contributed by atoms with van der Waals surface area (Å²) in [4.78, 5) is 12.3. The molecular weight excluding hydrogens is 456 g/mol. The van der Waals surface area contributed by atoms with Gasteiger partial charge >= 0.3 is 0 Å². The van der Waals surface area contributed by atoms with Crippen LogP contribution >= 0.6 is 0 Å². The van der Waals surface area contributed by atoms with Crippen molar-refractivity contribution in [2.45, 2.75) is 17.7 Å². The van der Waals surface area contributed by atoms with E-state index < -0.39 is 15.9 Å². The van der Waals surface area contributed by atoms with E-state index >= 15 is 0 Å². The van der Waals surface area contributed by atoms with Gasteiger partial charge in [-0.05, 0) is 64.4 Å². The molecule has 0 saturated carbocycles. The second kappa shape index (κ2) is 9.24. The van der Waals surface area contributed by atoms with Crippen LogP contribution in [0, 0.1) is 0 Å². The molecular formula is C29H24N2O3S. The van der Waals surface area contributed by atoms with E-state index in [-0.39, 0.29) is 4.90 Å². The number of primary amides is 1. The van der Waals surface area contributed by atoms with E-state index in [1.54, 1.807) is 36.4 Å². The van der Waals surface area contributed by atoms with Crippen molar-refractivity contribution in [3.8, 4) is 0 Å². The van der Waals surface area contributed by atoms with Crippen LogP contribution in [0.1, 0.15) is 21.5 Å². The Bertz CT molecular complexity index is 1650. The Morgan fingerprint density at radius 3 is 2.03 bits per heavy atom. The first-order valence-electron chi connectivity index (χ1n) is 11.3. The topological polar surface area (TPSA) is 89.3 Å². The van der Waals surface area contributed by atoms with E-state index in [0.29, 0.717) is 29.5 Å². The lowest BCUT2D eigenvalue weighted by molar-refractivity contribution is 0.0999. The predicted octanol–water partition coefficient (Wildman–Crippen LogP) is 5.68. The van der Waals surface area contributed by atoms with Gasteiger partial charge in [-0.3, -0.25) is 9.52 Å². The summed E-state index contributed by atoms with van der Waals surface area (Å²) in [5.74, 6) is -0.441. The van der Waals surface area contributed by atoms with Crippen LogP contribution in [0.2, 0.25) is 0 Å². The van der Waals surface area contributed by atoms with E-state index in [9.17, 15) is 13.2 Å². The summed E-state index contributed by atoms with van der Waals surface area (Å²) in [6, 6.07) is 31.6. The number of hydrogen-bond donors (Lipinski definition) is 2. The van der Waals surface area contributed by atoms with Gasteiger partial charge in [0.1, 0.15) is 0 Å². The number of nitrogens with one attached hydrogen (secondary N) is 1. The Kier molecular flexibility index (Phi) is 5.97. The molecule has 0 aliphatic rings. The van der Waals surface area contributed by atoms with Gasteiger partial charge in [0.15, 0.2) is 0 Å². The maximum Gasteiger partial charge on any atom is 0.262 e. The fourth-order valence-electron chi connectivity index (χ4n) is 4.49. The first-order valence-corrected chi connectivity index (χ1v) is 12.8. The highest BCUT2D eigenvalue weighted by atomic mass is 32.2. The van der Waals surface area contributed by atoms with Gasteiger partial charge in [-0.1, -0.05) is 78.9 Å². The third kappa shape index (κ3) is 4.61. The number of aryl methyl sites for hydroxylation is 2. The summed E-state index contributed by atoms with van der Waals surface area (Å²) >= 11 is 0. The molecule has 1 amide bonds. The molecule has 6 heteroatoms. The molecule has 0 heterocycles. The molecule has 0 aliphatic heterocycles. The van der Waals surface area contributed by atoms with Crippen molar-refractivity contribution in [3.63, 3.8) is 0 Å². The molecule has 0 aromatic heterocycles. The van der Waals surface area contributed by atoms with Gasteiger partial charge in [0.2, 0.25) is 5.91 Å². The molecule has 0 atom stereocenters. The summed E-state index contributed by atoms with van der Waals surface area (Å²) in [7, 11) is -3.75. The van der Waals surface area contributed by atoms with Crippen LogP contribution in [0.25, 0.3) is 21.5 Å². The quantitative estimate of drug-likeness (QED) is 0.314. The number of carbonyl (C=O) groups excluding carboxylic acids is 1. The first kappa shape index (κ1) is 22.6. The van der Waals surface area contributed by atoms with Crippen LogP contribution in [0.3, 0.4) is 0 Å². The van der Waals surface area contributed by atoms with Gasteiger partial charge in [0.05, 0.1) is 4.90 Å². The predicted molar refractivity (Wildman–Crippen MR) is 141 cm³/mol. The van der Waals surface area contributed by atoms with Crippen molar-refractivity contribution in [2.24, 2.45) is 5.73 Å². The highest BCUT2D eigenvalue weighted by Crippen LogP contribution is 2.26. The lowest BCUT2D eigenvalue weighted by Crippen LogP contribution is -2.14. The number of rotatable bonds is 7. The molecule has 5 rings (SSSR count). The zero-order chi connectivity index (χ0) is 24.4.